The van der Waals surface area contributed by atoms with Crippen molar-refractivity contribution in [3.63, 3.8) is 0 Å². The normalized spacial score (nSPS) is 12.7. The van der Waals surface area contributed by atoms with Crippen LogP contribution < -0.4 is 0 Å². The zero-order valence-electron chi connectivity index (χ0n) is 19.9. The number of phenols is 1. The van der Waals surface area contributed by atoms with E-state index in [1.54, 1.807) is 12.1 Å². The summed E-state index contributed by atoms with van der Waals surface area (Å²) in [5.41, 5.74) is 6.62. The molecule has 0 radical (unpaired) electrons. The molecule has 0 bridgehead atoms. The first-order chi connectivity index (χ1) is 15.5. The van der Waals surface area contributed by atoms with Crippen molar-refractivity contribution in [1.82, 2.24) is 9.97 Å². The van der Waals surface area contributed by atoms with E-state index < -0.39 is 0 Å². The van der Waals surface area contributed by atoms with Crippen molar-refractivity contribution in [2.45, 2.75) is 52.4 Å². The molecule has 2 heterocycles. The molecule has 0 aliphatic carbocycles. The van der Waals surface area contributed by atoms with E-state index >= 15 is 0 Å². The molecular weight excluding hydrogens is 412 g/mol. The topological polar surface area (TPSA) is 72.3 Å². The molecule has 0 spiro atoms. The third kappa shape index (κ3) is 3.88. The lowest BCUT2D eigenvalue weighted by Gasteiger charge is -2.18. The summed E-state index contributed by atoms with van der Waals surface area (Å²) in [5.74, 6) is 0.908. The molecule has 0 amide bonds. The van der Waals surface area contributed by atoms with E-state index in [-0.39, 0.29) is 16.6 Å². The number of benzene rings is 3. The Kier molecular flexibility index (Phi) is 4.64. The average molecular weight is 441 g/mol. The van der Waals surface area contributed by atoms with Gasteiger partial charge in [0.25, 0.3) is 0 Å². The third-order valence-electron chi connectivity index (χ3n) is 5.98. The molecule has 0 unspecified atom stereocenters. The Labute approximate surface area is 193 Å². The molecule has 33 heavy (non-hydrogen) atoms. The number of hydrogen-bond donors (Lipinski definition) is 1. The van der Waals surface area contributed by atoms with Crippen LogP contribution in [0, 0.1) is 0 Å². The Hall–Kier alpha value is -3.60. The molecule has 0 fully saturated rings. The van der Waals surface area contributed by atoms with Crippen molar-refractivity contribution >= 4 is 22.2 Å². The maximum Gasteiger partial charge on any atom is 0.231 e. The van der Waals surface area contributed by atoms with Crippen molar-refractivity contribution in [1.29, 1.82) is 0 Å². The van der Waals surface area contributed by atoms with E-state index in [0.29, 0.717) is 28.5 Å². The van der Waals surface area contributed by atoms with Gasteiger partial charge in [0, 0.05) is 5.56 Å². The van der Waals surface area contributed by atoms with Gasteiger partial charge < -0.3 is 13.9 Å². The summed E-state index contributed by atoms with van der Waals surface area (Å²) >= 11 is 0. The Balaban J connectivity index is 1.51. The lowest BCUT2D eigenvalue weighted by molar-refractivity contribution is 0.474. The van der Waals surface area contributed by atoms with E-state index in [4.69, 9.17) is 8.83 Å². The minimum atomic E-state index is 0.0182. The maximum absolute atomic E-state index is 10.8. The van der Waals surface area contributed by atoms with Gasteiger partial charge in [-0.1, -0.05) is 53.7 Å². The largest absolute Gasteiger partial charge is 0.507 e. The summed E-state index contributed by atoms with van der Waals surface area (Å²) in [7, 11) is 0. The zero-order valence-corrected chi connectivity index (χ0v) is 19.9. The zero-order chi connectivity index (χ0) is 23.5. The second-order valence-electron chi connectivity index (χ2n) is 10.6. The predicted octanol–water partition coefficient (Wildman–Crippen LogP) is 7.60. The second kappa shape index (κ2) is 7.20. The lowest BCUT2D eigenvalue weighted by Crippen LogP contribution is -2.10. The Morgan fingerprint density at radius 1 is 0.636 bits per heavy atom. The van der Waals surface area contributed by atoms with E-state index in [1.165, 1.54) is 11.1 Å². The first kappa shape index (κ1) is 21.3. The van der Waals surface area contributed by atoms with E-state index in [0.717, 1.165) is 16.6 Å². The van der Waals surface area contributed by atoms with Gasteiger partial charge in [-0.2, -0.15) is 0 Å². The summed E-state index contributed by atoms with van der Waals surface area (Å²) in [6, 6.07) is 17.4. The first-order valence-electron chi connectivity index (χ1n) is 11.1. The number of aromatic nitrogens is 2. The standard InChI is InChI=1S/C28H28N2O3/c1-27(2,3)17-8-11-23-20(14-17)29-25(32-23)16-7-10-19(22(31)13-16)26-30-21-15-18(28(4,5)6)9-12-24(21)33-26/h7-15,31H,1-6H3. The molecule has 3 aromatic carbocycles. The molecule has 0 aliphatic rings. The highest BCUT2D eigenvalue weighted by atomic mass is 16.4. The van der Waals surface area contributed by atoms with Crippen LogP contribution in [0.5, 0.6) is 5.75 Å². The van der Waals surface area contributed by atoms with Crippen LogP contribution in [0.4, 0.5) is 0 Å². The van der Waals surface area contributed by atoms with Crippen LogP contribution in [0.15, 0.2) is 63.4 Å². The molecule has 5 nitrogen and oxygen atoms in total. The number of hydrogen-bond acceptors (Lipinski definition) is 5. The summed E-state index contributed by atoms with van der Waals surface area (Å²) in [6.45, 7) is 13.0. The summed E-state index contributed by atoms with van der Waals surface area (Å²) in [4.78, 5) is 9.27. The van der Waals surface area contributed by atoms with Gasteiger partial charge in [0.2, 0.25) is 11.8 Å². The molecular formula is C28H28N2O3. The molecule has 0 aliphatic heterocycles. The first-order valence-corrected chi connectivity index (χ1v) is 11.1. The van der Waals surface area contributed by atoms with Crippen LogP contribution in [0.25, 0.3) is 45.1 Å². The molecule has 5 aromatic rings. The quantitative estimate of drug-likeness (QED) is 0.306. The van der Waals surface area contributed by atoms with Gasteiger partial charge in [0.05, 0.1) is 5.56 Å². The van der Waals surface area contributed by atoms with Crippen LogP contribution in [0.1, 0.15) is 52.7 Å². The number of fused-ring (bicyclic) bond motifs is 2. The van der Waals surface area contributed by atoms with Gasteiger partial charge in [0.1, 0.15) is 16.8 Å². The fourth-order valence-electron chi connectivity index (χ4n) is 3.87. The van der Waals surface area contributed by atoms with Gasteiger partial charge in [0.15, 0.2) is 11.2 Å². The van der Waals surface area contributed by atoms with Crippen molar-refractivity contribution in [2.24, 2.45) is 0 Å². The van der Waals surface area contributed by atoms with Crippen LogP contribution in [-0.2, 0) is 10.8 Å². The van der Waals surface area contributed by atoms with Gasteiger partial charge in [-0.3, -0.25) is 0 Å². The summed E-state index contributed by atoms with van der Waals surface area (Å²) in [5, 5.41) is 10.8. The number of nitrogens with zero attached hydrogens (tertiary/aromatic N) is 2. The second-order valence-corrected chi connectivity index (χ2v) is 10.6. The molecule has 5 heteroatoms. The smallest absolute Gasteiger partial charge is 0.231 e. The average Bonchev–Trinajstić information content (AvgIpc) is 3.35. The number of rotatable bonds is 2. The highest BCUT2D eigenvalue weighted by Gasteiger charge is 2.19. The molecule has 2 aromatic heterocycles. The van der Waals surface area contributed by atoms with Crippen molar-refractivity contribution in [3.8, 4) is 28.7 Å². The molecule has 0 saturated carbocycles. The van der Waals surface area contributed by atoms with Crippen molar-refractivity contribution in [2.75, 3.05) is 0 Å². The van der Waals surface area contributed by atoms with Crippen LogP contribution in [0.2, 0.25) is 0 Å². The van der Waals surface area contributed by atoms with Gasteiger partial charge >= 0.3 is 0 Å². The summed E-state index contributed by atoms with van der Waals surface area (Å²) in [6.07, 6.45) is 0. The van der Waals surface area contributed by atoms with E-state index in [2.05, 4.69) is 69.7 Å². The highest BCUT2D eigenvalue weighted by molar-refractivity contribution is 5.81. The van der Waals surface area contributed by atoms with Crippen LogP contribution in [0.3, 0.4) is 0 Å². The fraction of sp³-hybridized carbons (Fsp3) is 0.286. The lowest BCUT2D eigenvalue weighted by atomic mass is 9.87. The highest BCUT2D eigenvalue weighted by Crippen LogP contribution is 2.36. The molecule has 168 valence electrons. The third-order valence-corrected chi connectivity index (χ3v) is 5.98. The maximum atomic E-state index is 10.8. The van der Waals surface area contributed by atoms with E-state index in [1.807, 2.05) is 24.3 Å². The number of oxazole rings is 2. The predicted molar refractivity (Wildman–Crippen MR) is 132 cm³/mol. The minimum Gasteiger partial charge on any atom is -0.507 e. The minimum absolute atomic E-state index is 0.0182. The Bertz CT molecular complexity index is 1490. The van der Waals surface area contributed by atoms with Gasteiger partial charge in [-0.25, -0.2) is 9.97 Å². The SMILES string of the molecule is CC(C)(C)c1ccc2oc(-c3ccc(-c4nc5cc(C(C)(C)C)ccc5o4)c(O)c3)nc2c1. The van der Waals surface area contributed by atoms with Crippen molar-refractivity contribution in [3.05, 3.63) is 65.7 Å². The molecule has 1 N–H and O–H groups in total. The Morgan fingerprint density at radius 2 is 1.15 bits per heavy atom. The monoisotopic (exact) mass is 440 g/mol. The molecule has 0 atom stereocenters. The molecule has 0 saturated heterocycles. The van der Waals surface area contributed by atoms with Crippen molar-refractivity contribution < 1.29 is 13.9 Å². The number of aromatic hydroxyl groups is 1. The Morgan fingerprint density at radius 3 is 1.67 bits per heavy atom. The summed E-state index contributed by atoms with van der Waals surface area (Å²) < 4.78 is 11.9. The van der Waals surface area contributed by atoms with Crippen LogP contribution >= 0.6 is 0 Å². The number of phenolic OH excluding ortho intramolecular Hbond substituents is 1. The van der Waals surface area contributed by atoms with Gasteiger partial charge in [-0.05, 0) is 64.4 Å². The van der Waals surface area contributed by atoms with E-state index in [9.17, 15) is 5.11 Å². The van der Waals surface area contributed by atoms with Crippen LogP contribution in [-0.4, -0.2) is 15.1 Å². The van der Waals surface area contributed by atoms with Gasteiger partial charge in [-0.15, -0.1) is 0 Å². The molecule has 5 rings (SSSR count). The fourth-order valence-corrected chi connectivity index (χ4v) is 3.87.